The van der Waals surface area contributed by atoms with Crippen molar-refractivity contribution in [2.45, 2.75) is 6.54 Å². The quantitative estimate of drug-likeness (QED) is 0.347. The summed E-state index contributed by atoms with van der Waals surface area (Å²) in [6, 6.07) is 6.77. The standard InChI is InChI=1S/C16H12FN5O4/c17-11-3-1-9(2-4-11)7-22-8-10(16(25)26)5-12(22)13(23)6-14(24)15-18-20-21-19-15/h1-6,8,24H,7H2,(H,25,26)(H,18,19,20,21). The van der Waals surface area contributed by atoms with Crippen molar-refractivity contribution in [1.82, 2.24) is 25.2 Å². The van der Waals surface area contributed by atoms with Gasteiger partial charge >= 0.3 is 5.97 Å². The Morgan fingerprint density at radius 3 is 2.58 bits per heavy atom. The number of aromatic nitrogens is 5. The van der Waals surface area contributed by atoms with Crippen LogP contribution < -0.4 is 0 Å². The summed E-state index contributed by atoms with van der Waals surface area (Å²) in [6.07, 6.45) is 2.16. The van der Waals surface area contributed by atoms with Crippen molar-refractivity contribution in [3.63, 3.8) is 0 Å². The average molecular weight is 357 g/mol. The van der Waals surface area contributed by atoms with Crippen molar-refractivity contribution in [2.24, 2.45) is 0 Å². The predicted octanol–water partition coefficient (Wildman–Crippen LogP) is 1.67. The molecule has 9 nitrogen and oxygen atoms in total. The summed E-state index contributed by atoms with van der Waals surface area (Å²) in [6.45, 7) is 0.144. The van der Waals surface area contributed by atoms with Crippen LogP contribution >= 0.6 is 0 Å². The number of aromatic amines is 1. The summed E-state index contributed by atoms with van der Waals surface area (Å²) in [5.41, 5.74) is 0.601. The maximum Gasteiger partial charge on any atom is 0.337 e. The van der Waals surface area contributed by atoms with Gasteiger partial charge < -0.3 is 14.8 Å². The Morgan fingerprint density at radius 2 is 1.96 bits per heavy atom. The van der Waals surface area contributed by atoms with E-state index in [0.717, 1.165) is 6.08 Å². The number of halogens is 1. The number of carbonyl (C=O) groups is 2. The lowest BCUT2D eigenvalue weighted by atomic mass is 10.2. The number of carboxylic acid groups (broad SMARTS) is 1. The number of aromatic carboxylic acids is 1. The van der Waals surface area contributed by atoms with E-state index in [4.69, 9.17) is 5.11 Å². The van der Waals surface area contributed by atoms with Gasteiger partial charge in [-0.1, -0.05) is 12.1 Å². The first kappa shape index (κ1) is 17.0. The zero-order valence-electron chi connectivity index (χ0n) is 13.1. The van der Waals surface area contributed by atoms with Gasteiger partial charge in [0.05, 0.1) is 11.3 Å². The van der Waals surface area contributed by atoms with Crippen molar-refractivity contribution in [1.29, 1.82) is 0 Å². The Morgan fingerprint density at radius 1 is 1.23 bits per heavy atom. The van der Waals surface area contributed by atoms with E-state index in [9.17, 15) is 19.1 Å². The largest absolute Gasteiger partial charge is 0.504 e. The number of rotatable bonds is 6. The molecule has 1 aromatic carbocycles. The number of hydrogen-bond acceptors (Lipinski definition) is 6. The molecule has 3 rings (SSSR count). The molecule has 0 saturated heterocycles. The van der Waals surface area contributed by atoms with Crippen LogP contribution in [0.1, 0.15) is 32.2 Å². The number of nitrogens with one attached hydrogen (secondary N) is 1. The van der Waals surface area contributed by atoms with E-state index in [0.29, 0.717) is 5.56 Å². The molecule has 26 heavy (non-hydrogen) atoms. The van der Waals surface area contributed by atoms with Gasteiger partial charge in [0.1, 0.15) is 5.82 Å². The number of ketones is 1. The molecule has 0 saturated carbocycles. The van der Waals surface area contributed by atoms with Crippen LogP contribution in [0.25, 0.3) is 5.76 Å². The highest BCUT2D eigenvalue weighted by atomic mass is 19.1. The zero-order chi connectivity index (χ0) is 18.7. The van der Waals surface area contributed by atoms with E-state index in [1.165, 1.54) is 41.1 Å². The highest BCUT2D eigenvalue weighted by Crippen LogP contribution is 2.15. The van der Waals surface area contributed by atoms with Gasteiger partial charge in [-0.3, -0.25) is 4.79 Å². The van der Waals surface area contributed by atoms with Gasteiger partial charge in [-0.25, -0.2) is 9.18 Å². The lowest BCUT2D eigenvalue weighted by molar-refractivity contribution is 0.0696. The van der Waals surface area contributed by atoms with Crippen LogP contribution in [-0.4, -0.2) is 47.2 Å². The van der Waals surface area contributed by atoms with Crippen LogP contribution in [0.2, 0.25) is 0 Å². The topological polar surface area (TPSA) is 134 Å². The molecule has 0 aliphatic rings. The van der Waals surface area contributed by atoms with Gasteiger partial charge in [-0.2, -0.15) is 5.21 Å². The lowest BCUT2D eigenvalue weighted by Crippen LogP contribution is -2.08. The third-order valence-corrected chi connectivity index (χ3v) is 3.50. The van der Waals surface area contributed by atoms with Crippen LogP contribution in [-0.2, 0) is 6.54 Å². The van der Waals surface area contributed by atoms with E-state index in [-0.39, 0.29) is 23.6 Å². The van der Waals surface area contributed by atoms with E-state index in [1.807, 2.05) is 0 Å². The summed E-state index contributed by atoms with van der Waals surface area (Å²) in [5.74, 6) is -2.95. The summed E-state index contributed by atoms with van der Waals surface area (Å²) in [5, 5.41) is 31.5. The first-order valence-corrected chi connectivity index (χ1v) is 7.31. The molecular formula is C16H12FN5O4. The van der Waals surface area contributed by atoms with E-state index in [1.54, 1.807) is 0 Å². The number of carbonyl (C=O) groups excluding carboxylic acids is 1. The molecule has 0 fully saturated rings. The average Bonchev–Trinajstić information content (AvgIpc) is 3.26. The fraction of sp³-hybridized carbons (Fsp3) is 0.0625. The second kappa shape index (κ2) is 6.97. The molecule has 2 aromatic heterocycles. The first-order valence-electron chi connectivity index (χ1n) is 7.31. The summed E-state index contributed by atoms with van der Waals surface area (Å²) < 4.78 is 14.4. The molecule has 132 valence electrons. The summed E-state index contributed by atoms with van der Waals surface area (Å²) in [7, 11) is 0. The second-order valence-electron chi connectivity index (χ2n) is 5.30. The number of tetrazole rings is 1. The Bertz CT molecular complexity index is 977. The molecule has 0 aliphatic heterocycles. The van der Waals surface area contributed by atoms with Gasteiger partial charge in [0.25, 0.3) is 0 Å². The molecule has 0 atom stereocenters. The molecule has 3 aromatic rings. The van der Waals surface area contributed by atoms with Crippen LogP contribution in [0.5, 0.6) is 0 Å². The molecule has 2 heterocycles. The highest BCUT2D eigenvalue weighted by molar-refractivity contribution is 6.07. The minimum absolute atomic E-state index is 0.0294. The van der Waals surface area contributed by atoms with Crippen molar-refractivity contribution >= 4 is 17.5 Å². The Balaban J connectivity index is 1.94. The van der Waals surface area contributed by atoms with Crippen molar-refractivity contribution in [2.75, 3.05) is 0 Å². The van der Waals surface area contributed by atoms with Crippen molar-refractivity contribution in [3.8, 4) is 0 Å². The maximum atomic E-state index is 13.0. The third kappa shape index (κ3) is 3.64. The van der Waals surface area contributed by atoms with Crippen LogP contribution in [0.15, 0.2) is 42.6 Å². The molecule has 0 amide bonds. The number of nitrogens with zero attached hydrogens (tertiary/aromatic N) is 4. The maximum absolute atomic E-state index is 13.0. The normalized spacial score (nSPS) is 11.5. The lowest BCUT2D eigenvalue weighted by Gasteiger charge is -2.07. The second-order valence-corrected chi connectivity index (χ2v) is 5.30. The van der Waals surface area contributed by atoms with E-state index < -0.39 is 23.3 Å². The molecule has 10 heteroatoms. The fourth-order valence-electron chi connectivity index (χ4n) is 2.28. The number of aliphatic hydroxyl groups is 1. The molecule has 0 spiro atoms. The Labute approximate surface area is 145 Å². The smallest absolute Gasteiger partial charge is 0.337 e. The molecule has 0 bridgehead atoms. The molecule has 0 radical (unpaired) electrons. The monoisotopic (exact) mass is 357 g/mol. The molecular weight excluding hydrogens is 345 g/mol. The SMILES string of the molecule is O=C(O)c1cc(C(=O)C=C(O)c2nn[nH]n2)n(Cc2ccc(F)cc2)c1. The van der Waals surface area contributed by atoms with Gasteiger partial charge in [0, 0.05) is 18.8 Å². The zero-order valence-corrected chi connectivity index (χ0v) is 13.1. The number of hydrogen-bond donors (Lipinski definition) is 3. The molecule has 3 N–H and O–H groups in total. The van der Waals surface area contributed by atoms with Crippen molar-refractivity contribution in [3.05, 3.63) is 71.1 Å². The van der Waals surface area contributed by atoms with Gasteiger partial charge in [-0.05, 0) is 29.0 Å². The summed E-state index contributed by atoms with van der Waals surface area (Å²) >= 11 is 0. The minimum Gasteiger partial charge on any atom is -0.504 e. The van der Waals surface area contributed by atoms with Gasteiger partial charge in [-0.15, -0.1) is 10.2 Å². The third-order valence-electron chi connectivity index (χ3n) is 3.50. The number of carboxylic acids is 1. The highest BCUT2D eigenvalue weighted by Gasteiger charge is 2.18. The van der Waals surface area contributed by atoms with Crippen LogP contribution in [0.3, 0.4) is 0 Å². The summed E-state index contributed by atoms with van der Waals surface area (Å²) in [4.78, 5) is 23.7. The first-order chi connectivity index (χ1) is 12.4. The number of aliphatic hydroxyl groups excluding tert-OH is 1. The van der Waals surface area contributed by atoms with Crippen LogP contribution in [0, 0.1) is 5.82 Å². The fourth-order valence-corrected chi connectivity index (χ4v) is 2.28. The van der Waals surface area contributed by atoms with Crippen molar-refractivity contribution < 1.29 is 24.2 Å². The van der Waals surface area contributed by atoms with Gasteiger partial charge in [0.2, 0.25) is 11.6 Å². The Kier molecular flexibility index (Phi) is 4.56. The predicted molar refractivity (Wildman–Crippen MR) is 86.0 cm³/mol. The minimum atomic E-state index is -1.21. The van der Waals surface area contributed by atoms with Crippen LogP contribution in [0.4, 0.5) is 4.39 Å². The molecule has 0 aliphatic carbocycles. The Hall–Kier alpha value is -3.82. The van der Waals surface area contributed by atoms with E-state index in [2.05, 4.69) is 20.6 Å². The number of allylic oxidation sites excluding steroid dienone is 1. The van der Waals surface area contributed by atoms with Gasteiger partial charge in [0.15, 0.2) is 5.76 Å². The van der Waals surface area contributed by atoms with E-state index >= 15 is 0 Å². The number of H-pyrrole nitrogens is 1. The molecule has 0 unspecified atom stereocenters. The number of benzene rings is 1.